The van der Waals surface area contributed by atoms with E-state index in [0.717, 1.165) is 0 Å². The molecule has 3 saturated heterocycles. The number of hydrogen-bond acceptors (Lipinski definition) is 15. The fourth-order valence-corrected chi connectivity index (χ4v) is 4.20. The summed E-state index contributed by atoms with van der Waals surface area (Å²) in [6, 6.07) is 0. The van der Waals surface area contributed by atoms with Crippen molar-refractivity contribution in [1.82, 2.24) is 0 Å². The summed E-state index contributed by atoms with van der Waals surface area (Å²) in [4.78, 5) is 0. The molecule has 15 heteroatoms. The molecule has 0 saturated carbocycles. The van der Waals surface area contributed by atoms with Gasteiger partial charge in [-0.05, 0) is 6.92 Å². The van der Waals surface area contributed by atoms with E-state index >= 15 is 0 Å². The average Bonchev–Trinajstić information content (AvgIpc) is 2.79. The molecule has 3 rings (SSSR count). The lowest BCUT2D eigenvalue weighted by molar-refractivity contribution is -0.366. The molecule has 194 valence electrons. The van der Waals surface area contributed by atoms with E-state index in [1.165, 1.54) is 6.92 Å². The van der Waals surface area contributed by atoms with Crippen LogP contribution in [-0.2, 0) is 18.9 Å². The van der Waals surface area contributed by atoms with Crippen molar-refractivity contribution in [3.05, 3.63) is 0 Å². The van der Waals surface area contributed by atoms with E-state index < -0.39 is 105 Å². The third-order valence-electron chi connectivity index (χ3n) is 6.30. The maximum atomic E-state index is 10.9. The molecule has 0 radical (unpaired) electrons. The highest BCUT2D eigenvalue weighted by atomic mass is 16.7. The molecule has 3 fully saturated rings. The van der Waals surface area contributed by atoms with Crippen molar-refractivity contribution >= 4 is 0 Å². The minimum atomic E-state index is -2.03. The van der Waals surface area contributed by atoms with Gasteiger partial charge in [0.1, 0.15) is 79.4 Å². The van der Waals surface area contributed by atoms with Crippen LogP contribution >= 0.6 is 0 Å². The Kier molecular flexibility index (Phi) is 8.65. The predicted octanol–water partition coefficient (Wildman–Crippen LogP) is -7.16. The molecule has 16 atom stereocenters. The minimum Gasteiger partial charge on any atom is -0.394 e. The zero-order valence-corrected chi connectivity index (χ0v) is 17.5. The maximum Gasteiger partial charge on any atom is 0.187 e. The van der Waals surface area contributed by atoms with Gasteiger partial charge in [-0.2, -0.15) is 0 Å². The highest BCUT2D eigenvalue weighted by molar-refractivity contribution is 5.01. The third-order valence-corrected chi connectivity index (χ3v) is 6.30. The molecule has 0 amide bonds. The second kappa shape index (κ2) is 10.6. The van der Waals surface area contributed by atoms with Gasteiger partial charge in [0.05, 0.1) is 12.7 Å². The molecular formula is C18H32O15. The predicted molar refractivity (Wildman–Crippen MR) is 99.9 cm³/mol. The molecule has 15 nitrogen and oxygen atoms in total. The van der Waals surface area contributed by atoms with E-state index in [9.17, 15) is 56.2 Å². The van der Waals surface area contributed by atoms with Crippen molar-refractivity contribution < 1.29 is 75.1 Å². The monoisotopic (exact) mass is 488 g/mol. The van der Waals surface area contributed by atoms with Gasteiger partial charge in [0.25, 0.3) is 0 Å². The summed E-state index contributed by atoms with van der Waals surface area (Å²) >= 11 is 0. The Balaban J connectivity index is 1.84. The molecule has 3 unspecified atom stereocenters. The lowest BCUT2D eigenvalue weighted by Gasteiger charge is -2.49. The Labute approximate surface area is 187 Å². The number of aliphatic hydroxyl groups excluding tert-OH is 11. The van der Waals surface area contributed by atoms with Crippen LogP contribution in [0.25, 0.3) is 0 Å². The van der Waals surface area contributed by atoms with Gasteiger partial charge in [0, 0.05) is 0 Å². The SMILES string of the molecule is C[C@@H]1OC(C(O)[C@H]2OC(O)[C@H](O)[C@@H](O)[C@@H]2O[C@@H]2O[C@H](CO)[C@H](O)[C@H](O)[C@H]2O)[C@@H](O)[C@H](O)[C@@H]1O. The van der Waals surface area contributed by atoms with E-state index in [4.69, 9.17) is 18.9 Å². The minimum absolute atomic E-state index is 0.776. The second-order valence-electron chi connectivity index (χ2n) is 8.54. The van der Waals surface area contributed by atoms with Crippen molar-refractivity contribution in [2.75, 3.05) is 6.61 Å². The summed E-state index contributed by atoms with van der Waals surface area (Å²) in [6.07, 6.45) is -27.7. The van der Waals surface area contributed by atoms with Gasteiger partial charge in [-0.3, -0.25) is 0 Å². The Morgan fingerprint density at radius 2 is 1.27 bits per heavy atom. The smallest absolute Gasteiger partial charge is 0.187 e. The standard InChI is InChI=1S/C18H32O15/c1-3-5(20)7(22)9(24)14(30-3)13(28)16-15(10(25)11(26)17(29)32-16)33-18-12(27)8(23)6(21)4(2-19)31-18/h3-29H,2H2,1H3/t3-,4+,5+,6-,7+,8-,9-,10+,11+,12+,13?,14?,15-,16+,17?,18-/m0/s1. The first-order valence-corrected chi connectivity index (χ1v) is 10.4. The molecule has 3 aliphatic rings. The molecule has 0 aromatic rings. The zero-order chi connectivity index (χ0) is 24.8. The van der Waals surface area contributed by atoms with Gasteiger partial charge in [-0.1, -0.05) is 0 Å². The van der Waals surface area contributed by atoms with Gasteiger partial charge in [0.2, 0.25) is 0 Å². The quantitative estimate of drug-likeness (QED) is 0.172. The molecule has 0 aromatic carbocycles. The molecule has 0 aromatic heterocycles. The normalized spacial score (nSPS) is 54.7. The van der Waals surface area contributed by atoms with E-state index in [1.54, 1.807) is 0 Å². The number of ether oxygens (including phenoxy) is 4. The van der Waals surface area contributed by atoms with Crippen LogP contribution in [0.2, 0.25) is 0 Å². The Morgan fingerprint density at radius 3 is 1.88 bits per heavy atom. The lowest BCUT2D eigenvalue weighted by atomic mass is 9.86. The van der Waals surface area contributed by atoms with Crippen LogP contribution in [0.3, 0.4) is 0 Å². The van der Waals surface area contributed by atoms with Crippen molar-refractivity contribution in [1.29, 1.82) is 0 Å². The van der Waals surface area contributed by atoms with Crippen LogP contribution in [0.4, 0.5) is 0 Å². The molecule has 0 bridgehead atoms. The molecule has 0 aliphatic carbocycles. The van der Waals surface area contributed by atoms with E-state index in [1.807, 2.05) is 0 Å². The van der Waals surface area contributed by atoms with Crippen molar-refractivity contribution in [3.8, 4) is 0 Å². The number of rotatable bonds is 5. The van der Waals surface area contributed by atoms with Crippen molar-refractivity contribution in [3.63, 3.8) is 0 Å². The maximum absolute atomic E-state index is 10.9. The van der Waals surface area contributed by atoms with Crippen LogP contribution in [0.5, 0.6) is 0 Å². The van der Waals surface area contributed by atoms with E-state index in [0.29, 0.717) is 0 Å². The third kappa shape index (κ3) is 5.04. The molecule has 0 spiro atoms. The fourth-order valence-electron chi connectivity index (χ4n) is 4.20. The number of hydrogen-bond donors (Lipinski definition) is 11. The molecule has 3 heterocycles. The summed E-state index contributed by atoms with van der Waals surface area (Å²) in [5, 5.41) is 111. The van der Waals surface area contributed by atoms with E-state index in [-0.39, 0.29) is 0 Å². The number of aliphatic hydroxyl groups is 11. The summed E-state index contributed by atoms with van der Waals surface area (Å²) in [6.45, 7) is 0.582. The highest BCUT2D eigenvalue weighted by Gasteiger charge is 2.55. The van der Waals surface area contributed by atoms with Gasteiger partial charge < -0.3 is 75.1 Å². The molecule has 11 N–H and O–H groups in total. The first-order valence-electron chi connectivity index (χ1n) is 10.4. The second-order valence-corrected chi connectivity index (χ2v) is 8.54. The van der Waals surface area contributed by atoms with Crippen LogP contribution in [0.15, 0.2) is 0 Å². The van der Waals surface area contributed by atoms with Crippen molar-refractivity contribution in [2.45, 2.75) is 105 Å². The average molecular weight is 488 g/mol. The largest absolute Gasteiger partial charge is 0.394 e. The highest BCUT2D eigenvalue weighted by Crippen LogP contribution is 2.33. The van der Waals surface area contributed by atoms with Gasteiger partial charge in [-0.25, -0.2) is 0 Å². The summed E-state index contributed by atoms with van der Waals surface area (Å²) < 4.78 is 21.2. The topological polar surface area (TPSA) is 259 Å². The lowest BCUT2D eigenvalue weighted by Crippen LogP contribution is -2.69. The van der Waals surface area contributed by atoms with Crippen molar-refractivity contribution in [2.24, 2.45) is 0 Å². The van der Waals surface area contributed by atoms with Crippen LogP contribution in [-0.4, -0.2) is 161 Å². The van der Waals surface area contributed by atoms with Gasteiger partial charge in [0.15, 0.2) is 12.6 Å². The summed E-state index contributed by atoms with van der Waals surface area (Å²) in [5.41, 5.74) is 0. The Hall–Kier alpha value is -0.600. The first-order chi connectivity index (χ1) is 15.4. The molecule has 33 heavy (non-hydrogen) atoms. The fraction of sp³-hybridized carbons (Fsp3) is 1.00. The van der Waals surface area contributed by atoms with Crippen LogP contribution in [0, 0.1) is 0 Å². The Bertz CT molecular complexity index is 638. The molecular weight excluding hydrogens is 456 g/mol. The van der Waals surface area contributed by atoms with Gasteiger partial charge in [-0.15, -0.1) is 0 Å². The van der Waals surface area contributed by atoms with E-state index in [2.05, 4.69) is 0 Å². The van der Waals surface area contributed by atoms with Gasteiger partial charge >= 0.3 is 0 Å². The van der Waals surface area contributed by atoms with Crippen LogP contribution in [0.1, 0.15) is 6.92 Å². The summed E-state index contributed by atoms with van der Waals surface area (Å²) in [5.74, 6) is 0. The zero-order valence-electron chi connectivity index (χ0n) is 17.5. The van der Waals surface area contributed by atoms with Crippen LogP contribution < -0.4 is 0 Å². The Morgan fingerprint density at radius 1 is 0.667 bits per heavy atom. The summed E-state index contributed by atoms with van der Waals surface area (Å²) in [7, 11) is 0. The first kappa shape index (κ1) is 27.0. The molecule has 3 aliphatic heterocycles.